The minimum Gasteiger partial charge on any atom is -0.467 e. The molecule has 3 N–H and O–H groups in total. The minimum absolute atomic E-state index is 0.307. The molecule has 2 unspecified atom stereocenters. The van der Waals surface area contributed by atoms with Crippen LogP contribution >= 0.6 is 0 Å². The highest BCUT2D eigenvalue weighted by Crippen LogP contribution is 2.38. The fourth-order valence-corrected chi connectivity index (χ4v) is 5.06. The van der Waals surface area contributed by atoms with Gasteiger partial charge in [0, 0.05) is 47.3 Å². The third kappa shape index (κ3) is 8.35. The zero-order valence-corrected chi connectivity index (χ0v) is 23.4. The van der Waals surface area contributed by atoms with Gasteiger partial charge in [0.2, 0.25) is 11.8 Å². The predicted molar refractivity (Wildman–Crippen MR) is 132 cm³/mol. The molecule has 2 fully saturated rings. The molecule has 2 aliphatic rings. The predicted octanol–water partition coefficient (Wildman–Crippen LogP) is -1.13. The highest BCUT2D eigenvalue weighted by atomic mass is 16.7. The SMILES string of the molecule is COC(=O)[C@@H](NC(=O)C1CCCC1NC(C)=O)[C@@H]1C[C@@](O)([C@H](COC(C)=O)OC(C)=O)[C@@H](OC(C)=O)[C@@H](OC)O1. The molecule has 1 heterocycles. The number of rotatable bonds is 11. The summed E-state index contributed by atoms with van der Waals surface area (Å²) in [6.45, 7) is 3.92. The van der Waals surface area contributed by atoms with Gasteiger partial charge in [-0.15, -0.1) is 0 Å². The third-order valence-electron chi connectivity index (χ3n) is 6.77. The molecule has 2 amide bonds. The van der Waals surface area contributed by atoms with E-state index in [-0.39, 0.29) is 5.91 Å². The van der Waals surface area contributed by atoms with E-state index in [1.807, 2.05) is 0 Å². The first-order valence-corrected chi connectivity index (χ1v) is 12.8. The molecule has 1 saturated heterocycles. The van der Waals surface area contributed by atoms with Crippen LogP contribution in [0.15, 0.2) is 0 Å². The second-order valence-corrected chi connectivity index (χ2v) is 9.76. The summed E-state index contributed by atoms with van der Waals surface area (Å²) in [5, 5.41) is 17.3. The Morgan fingerprint density at radius 3 is 2.20 bits per heavy atom. The van der Waals surface area contributed by atoms with Crippen LogP contribution in [0.2, 0.25) is 0 Å². The number of carbonyl (C=O) groups is 6. The molecule has 226 valence electrons. The third-order valence-corrected chi connectivity index (χ3v) is 6.77. The van der Waals surface area contributed by atoms with Crippen LogP contribution in [0.25, 0.3) is 0 Å². The number of methoxy groups -OCH3 is 2. The Morgan fingerprint density at radius 2 is 1.68 bits per heavy atom. The topological polar surface area (TPSA) is 202 Å². The van der Waals surface area contributed by atoms with E-state index in [0.29, 0.717) is 19.3 Å². The van der Waals surface area contributed by atoms with Gasteiger partial charge in [-0.1, -0.05) is 6.42 Å². The van der Waals surface area contributed by atoms with Crippen molar-refractivity contribution in [2.45, 2.75) is 95.7 Å². The van der Waals surface area contributed by atoms with Gasteiger partial charge < -0.3 is 44.2 Å². The summed E-state index contributed by atoms with van der Waals surface area (Å²) in [6, 6.07) is -1.96. The zero-order chi connectivity index (χ0) is 30.2. The molecule has 15 nitrogen and oxygen atoms in total. The Kier molecular flexibility index (Phi) is 11.8. The Morgan fingerprint density at radius 1 is 1.00 bits per heavy atom. The van der Waals surface area contributed by atoms with Crippen molar-refractivity contribution in [3.05, 3.63) is 0 Å². The fourth-order valence-electron chi connectivity index (χ4n) is 5.06. The van der Waals surface area contributed by atoms with Gasteiger partial charge in [0.05, 0.1) is 19.1 Å². The maximum atomic E-state index is 13.3. The van der Waals surface area contributed by atoms with Crippen molar-refractivity contribution in [1.82, 2.24) is 10.6 Å². The average molecular weight is 575 g/mol. The van der Waals surface area contributed by atoms with Gasteiger partial charge >= 0.3 is 23.9 Å². The van der Waals surface area contributed by atoms with Crippen LogP contribution in [-0.2, 0) is 57.2 Å². The summed E-state index contributed by atoms with van der Waals surface area (Å²) in [4.78, 5) is 73.2. The van der Waals surface area contributed by atoms with E-state index in [2.05, 4.69) is 10.6 Å². The van der Waals surface area contributed by atoms with Gasteiger partial charge in [0.15, 0.2) is 24.5 Å². The molecule has 0 bridgehead atoms. The zero-order valence-electron chi connectivity index (χ0n) is 23.4. The van der Waals surface area contributed by atoms with Crippen molar-refractivity contribution in [2.24, 2.45) is 5.92 Å². The van der Waals surface area contributed by atoms with E-state index in [9.17, 15) is 33.9 Å². The number of aliphatic hydroxyl groups is 1. The summed E-state index contributed by atoms with van der Waals surface area (Å²) < 4.78 is 31.6. The van der Waals surface area contributed by atoms with Crippen LogP contribution in [-0.4, -0.2) is 104 Å². The van der Waals surface area contributed by atoms with Crippen molar-refractivity contribution in [1.29, 1.82) is 0 Å². The quantitative estimate of drug-likeness (QED) is 0.198. The van der Waals surface area contributed by atoms with Gasteiger partial charge in [0.25, 0.3) is 0 Å². The molecule has 1 saturated carbocycles. The summed E-state index contributed by atoms with van der Waals surface area (Å²) in [5.74, 6) is -4.90. The highest BCUT2D eigenvalue weighted by Gasteiger charge is 2.59. The van der Waals surface area contributed by atoms with E-state index in [1.54, 1.807) is 0 Å². The lowest BCUT2D eigenvalue weighted by Crippen LogP contribution is -2.69. The molecule has 0 radical (unpaired) electrons. The van der Waals surface area contributed by atoms with E-state index in [1.165, 1.54) is 14.0 Å². The van der Waals surface area contributed by atoms with Gasteiger partial charge in [-0.25, -0.2) is 4.79 Å². The number of hydrogen-bond donors (Lipinski definition) is 3. The van der Waals surface area contributed by atoms with Crippen molar-refractivity contribution in [3.63, 3.8) is 0 Å². The molecule has 2 rings (SSSR count). The standard InChI is InChI=1S/C25H38N2O13/c1-12(28)26-17-9-7-8-16(17)22(32)27-20(23(33)35-5)18-10-25(34,19(38-14(3)30)11-37-13(2)29)21(39-15(4)31)24(36-6)40-18/h16-21,24,34H,7-11H2,1-6H3,(H,26,28)(H,27,32)/t16?,17?,18-,19-,20-,21-,24-,25+/m0/s1. The lowest BCUT2D eigenvalue weighted by Gasteiger charge is -2.49. The monoisotopic (exact) mass is 574 g/mol. The Hall–Kier alpha value is -3.30. The Balaban J connectivity index is 2.48. The second kappa shape index (κ2) is 14.4. The molecule has 40 heavy (non-hydrogen) atoms. The van der Waals surface area contributed by atoms with Crippen molar-refractivity contribution in [2.75, 3.05) is 20.8 Å². The second-order valence-electron chi connectivity index (χ2n) is 9.76. The molecular formula is C25H38N2O13. The van der Waals surface area contributed by atoms with E-state index >= 15 is 0 Å². The maximum Gasteiger partial charge on any atom is 0.331 e. The summed E-state index contributed by atoms with van der Waals surface area (Å²) in [6.07, 6.45) is -4.98. The van der Waals surface area contributed by atoms with E-state index in [0.717, 1.165) is 27.9 Å². The van der Waals surface area contributed by atoms with Gasteiger partial charge in [-0.3, -0.25) is 24.0 Å². The molecule has 15 heteroatoms. The lowest BCUT2D eigenvalue weighted by molar-refractivity contribution is -0.314. The Labute approximate surface area is 231 Å². The number of amides is 2. The van der Waals surface area contributed by atoms with Crippen molar-refractivity contribution >= 4 is 35.7 Å². The molecule has 1 aliphatic carbocycles. The van der Waals surface area contributed by atoms with Crippen LogP contribution in [0.1, 0.15) is 53.4 Å². The van der Waals surface area contributed by atoms with Crippen LogP contribution in [0.3, 0.4) is 0 Å². The van der Waals surface area contributed by atoms with Crippen molar-refractivity contribution in [3.8, 4) is 0 Å². The summed E-state index contributed by atoms with van der Waals surface area (Å²) in [5.41, 5.74) is -2.33. The minimum atomic E-state index is -2.33. The first kappa shape index (κ1) is 32.9. The molecule has 0 aromatic heterocycles. The van der Waals surface area contributed by atoms with Crippen LogP contribution < -0.4 is 10.6 Å². The smallest absolute Gasteiger partial charge is 0.331 e. The van der Waals surface area contributed by atoms with Crippen LogP contribution in [0.5, 0.6) is 0 Å². The van der Waals surface area contributed by atoms with Gasteiger partial charge in [-0.05, 0) is 12.8 Å². The Bertz CT molecular complexity index is 972. The molecular weight excluding hydrogens is 536 g/mol. The van der Waals surface area contributed by atoms with E-state index in [4.69, 9.17) is 28.4 Å². The van der Waals surface area contributed by atoms with Crippen molar-refractivity contribution < 1.29 is 62.3 Å². The fraction of sp³-hybridized carbons (Fsp3) is 0.760. The first-order chi connectivity index (χ1) is 18.7. The van der Waals surface area contributed by atoms with E-state index < -0.39 is 91.0 Å². The first-order valence-electron chi connectivity index (χ1n) is 12.8. The number of hydrogen-bond acceptors (Lipinski definition) is 13. The largest absolute Gasteiger partial charge is 0.467 e. The van der Waals surface area contributed by atoms with Gasteiger partial charge in [-0.2, -0.15) is 0 Å². The molecule has 1 aliphatic heterocycles. The molecule has 0 spiro atoms. The maximum absolute atomic E-state index is 13.3. The summed E-state index contributed by atoms with van der Waals surface area (Å²) in [7, 11) is 2.27. The number of carbonyl (C=O) groups excluding carboxylic acids is 6. The molecule has 0 aromatic carbocycles. The van der Waals surface area contributed by atoms with Crippen LogP contribution in [0.4, 0.5) is 0 Å². The van der Waals surface area contributed by atoms with Gasteiger partial charge in [0.1, 0.15) is 12.2 Å². The summed E-state index contributed by atoms with van der Waals surface area (Å²) >= 11 is 0. The number of esters is 4. The average Bonchev–Trinajstić information content (AvgIpc) is 3.32. The highest BCUT2D eigenvalue weighted by molar-refractivity contribution is 5.87. The number of ether oxygens (including phenoxy) is 6. The van der Waals surface area contributed by atoms with Crippen LogP contribution in [0, 0.1) is 5.92 Å². The number of nitrogens with one attached hydrogen (secondary N) is 2. The lowest BCUT2D eigenvalue weighted by atomic mass is 9.80. The molecule has 8 atom stereocenters. The normalized spacial score (nSPS) is 29.3. The molecule has 0 aromatic rings.